The number of rotatable bonds is 15. The van der Waals surface area contributed by atoms with Crippen molar-refractivity contribution in [2.75, 3.05) is 31.8 Å². The highest BCUT2D eigenvalue weighted by Gasteiger charge is 2.52. The fraction of sp³-hybridized carbons (Fsp3) is 0.545. The number of aromatic nitrogens is 8. The number of methoxy groups -OCH3 is 1. The number of aromatic amines is 2. The molecule has 0 aliphatic carbocycles. The molecule has 57 heavy (non-hydrogen) atoms. The third-order valence-corrected chi connectivity index (χ3v) is 12.9. The van der Waals surface area contributed by atoms with E-state index in [4.69, 9.17) is 30.2 Å². The molecule has 0 amide bonds. The lowest BCUT2D eigenvalue weighted by Crippen LogP contribution is -2.46. The Bertz CT molecular complexity index is 2490. The molecule has 2 aliphatic heterocycles. The largest absolute Gasteiger partial charge is 0.490 e. The summed E-state index contributed by atoms with van der Waals surface area (Å²) in [5.41, 5.74) is 9.26. The number of nitrogen functional groups attached to an aromatic ring is 2. The molecule has 0 aromatic carbocycles. The van der Waals surface area contributed by atoms with E-state index < -0.39 is 105 Å². The van der Waals surface area contributed by atoms with Crippen molar-refractivity contribution in [2.45, 2.75) is 49.1 Å². The van der Waals surface area contributed by atoms with Crippen LogP contribution < -0.4 is 27.2 Å². The van der Waals surface area contributed by atoms with Crippen LogP contribution in [0.15, 0.2) is 22.2 Å². The van der Waals surface area contributed by atoms with Gasteiger partial charge in [-0.3, -0.25) is 42.3 Å². The van der Waals surface area contributed by atoms with Gasteiger partial charge in [-0.15, -0.1) is 0 Å². The second kappa shape index (κ2) is 15.7. The Labute approximate surface area is 314 Å². The molecule has 6 heterocycles. The smallest absolute Gasteiger partial charge is 0.387 e. The van der Waals surface area contributed by atoms with Gasteiger partial charge < -0.3 is 60.4 Å². The number of imidazole rings is 2. The van der Waals surface area contributed by atoms with E-state index in [2.05, 4.69) is 42.6 Å². The van der Waals surface area contributed by atoms with Gasteiger partial charge in [0.2, 0.25) is 17.7 Å². The third-order valence-electron chi connectivity index (χ3n) is 8.16. The summed E-state index contributed by atoms with van der Waals surface area (Å²) in [6, 6.07) is 0. The number of nitrogens with one attached hydrogen (secondary N) is 2. The average Bonchev–Trinajstić information content (AvgIpc) is 3.80. The van der Waals surface area contributed by atoms with E-state index in [1.807, 2.05) is 0 Å². The first kappa shape index (κ1) is 43.2. The number of nitrogens with two attached hydrogens (primary N) is 2. The van der Waals surface area contributed by atoms with Crippen molar-refractivity contribution in [2.24, 2.45) is 7.05 Å². The maximum atomic E-state index is 12.7. The number of phosphoric ester groups is 3. The van der Waals surface area contributed by atoms with E-state index >= 15 is 0 Å². The van der Waals surface area contributed by atoms with E-state index in [1.54, 1.807) is 0 Å². The molecule has 6 rings (SSSR count). The highest BCUT2D eigenvalue weighted by atomic mass is 31.3. The third kappa shape index (κ3) is 9.27. The van der Waals surface area contributed by atoms with E-state index in [0.29, 0.717) is 0 Å². The molecule has 2 fully saturated rings. The Kier molecular flexibility index (Phi) is 11.9. The summed E-state index contributed by atoms with van der Waals surface area (Å²) in [7, 11) is -20.6. The SMILES string of the molecule is COC1[C@@H](OP(=O)(O)O)[C@@H](COP(=O)(O)OP(=O)(O)OP(=O)(O)OC[C@H]2O[C@@H]([n+]3cn(C)c4c(=O)[nH]c(N)nc43)C(O)[C@H]2O)O[C@H]1n1cnc2c(=O)[nH]c(N)nc21. The zero-order valence-electron chi connectivity index (χ0n) is 28.7. The van der Waals surface area contributed by atoms with E-state index in [1.165, 1.54) is 17.9 Å². The number of anilines is 2. The number of hydrogen-bond acceptors (Lipinski definition) is 21. The van der Waals surface area contributed by atoms with Gasteiger partial charge in [0, 0.05) is 7.11 Å². The van der Waals surface area contributed by atoms with Crippen molar-refractivity contribution in [1.29, 1.82) is 0 Å². The van der Waals surface area contributed by atoms with Gasteiger partial charge in [0.1, 0.15) is 36.6 Å². The molecule has 4 aromatic heterocycles. The molecular weight excluding hydrogens is 864 g/mol. The van der Waals surface area contributed by atoms with Crippen LogP contribution in [-0.2, 0) is 61.7 Å². The maximum absolute atomic E-state index is 12.7. The van der Waals surface area contributed by atoms with Gasteiger partial charge in [0.15, 0.2) is 23.7 Å². The Morgan fingerprint density at radius 2 is 1.46 bits per heavy atom. The number of ether oxygens (including phenoxy) is 3. The van der Waals surface area contributed by atoms with E-state index in [9.17, 15) is 62.5 Å². The van der Waals surface area contributed by atoms with Crippen LogP contribution in [0.2, 0.25) is 0 Å². The normalized spacial score (nSPS) is 28.8. The number of aryl methyl sites for hydroxylation is 1. The number of H-pyrrole nitrogens is 2. The molecule has 4 aromatic rings. The highest BCUT2D eigenvalue weighted by molar-refractivity contribution is 7.66. The monoisotopic (exact) mass is 897 g/mol. The first-order chi connectivity index (χ1) is 26.4. The Morgan fingerprint density at radius 1 is 0.860 bits per heavy atom. The van der Waals surface area contributed by atoms with Crippen molar-refractivity contribution in [3.63, 3.8) is 0 Å². The van der Waals surface area contributed by atoms with Crippen LogP contribution in [0, 0.1) is 0 Å². The van der Waals surface area contributed by atoms with Crippen LogP contribution in [0.4, 0.5) is 11.9 Å². The molecule has 0 radical (unpaired) electrons. The van der Waals surface area contributed by atoms with Crippen LogP contribution in [0.5, 0.6) is 0 Å². The second-order valence-corrected chi connectivity index (χ2v) is 17.9. The van der Waals surface area contributed by atoms with Crippen LogP contribution >= 0.6 is 31.3 Å². The van der Waals surface area contributed by atoms with Crippen LogP contribution in [0.1, 0.15) is 12.5 Å². The minimum absolute atomic E-state index is 0.00898. The van der Waals surface area contributed by atoms with Crippen molar-refractivity contribution < 1.29 is 93.9 Å². The van der Waals surface area contributed by atoms with Gasteiger partial charge in [-0.25, -0.2) is 27.8 Å². The van der Waals surface area contributed by atoms with Crippen LogP contribution in [0.25, 0.3) is 22.3 Å². The lowest BCUT2D eigenvalue weighted by molar-refractivity contribution is -0.745. The second-order valence-electron chi connectivity index (χ2n) is 12.1. The first-order valence-electron chi connectivity index (χ1n) is 15.5. The van der Waals surface area contributed by atoms with Crippen molar-refractivity contribution >= 4 is 65.5 Å². The number of phosphoric acid groups is 4. The summed E-state index contributed by atoms with van der Waals surface area (Å²) in [5.74, 6) is -0.651. The minimum atomic E-state index is -6.11. The molecule has 2 aliphatic rings. The summed E-state index contributed by atoms with van der Waals surface area (Å²) in [4.78, 5) is 90.4. The molecule has 11 atom stereocenters. The summed E-state index contributed by atoms with van der Waals surface area (Å²) >= 11 is 0. The van der Waals surface area contributed by atoms with Crippen molar-refractivity contribution in [3.8, 4) is 0 Å². The van der Waals surface area contributed by atoms with E-state index in [0.717, 1.165) is 22.6 Å². The molecule has 5 unspecified atom stereocenters. The lowest BCUT2D eigenvalue weighted by atomic mass is 10.1. The molecule has 316 valence electrons. The van der Waals surface area contributed by atoms with Crippen molar-refractivity contribution in [3.05, 3.63) is 33.4 Å². The van der Waals surface area contributed by atoms with Gasteiger partial charge in [-0.1, -0.05) is 4.98 Å². The molecule has 0 saturated carbocycles. The summed E-state index contributed by atoms with van der Waals surface area (Å²) in [6.45, 7) is -2.35. The highest BCUT2D eigenvalue weighted by Crippen LogP contribution is 2.68. The van der Waals surface area contributed by atoms with Crippen LogP contribution in [0.3, 0.4) is 0 Å². The lowest BCUT2D eigenvalue weighted by Gasteiger charge is -2.24. The molecular formula is C22H33N10O21P4+. The minimum Gasteiger partial charge on any atom is -0.387 e. The van der Waals surface area contributed by atoms with Gasteiger partial charge in [0.05, 0.1) is 26.6 Å². The Balaban J connectivity index is 1.10. The number of fused-ring (bicyclic) bond motifs is 2. The number of hydrogen-bond donors (Lipinski definition) is 11. The quantitative estimate of drug-likeness (QED) is 0.0403. The number of aliphatic hydroxyl groups is 2. The Hall–Kier alpha value is -3.38. The summed E-state index contributed by atoms with van der Waals surface area (Å²) in [5, 5.41) is 21.2. The van der Waals surface area contributed by atoms with Gasteiger partial charge >= 0.3 is 36.9 Å². The van der Waals surface area contributed by atoms with Crippen molar-refractivity contribution in [1.82, 2.24) is 34.1 Å². The predicted octanol–water partition coefficient (Wildman–Crippen LogP) is -3.78. The molecule has 2 saturated heterocycles. The first-order valence-corrected chi connectivity index (χ1v) is 21.5. The fourth-order valence-electron chi connectivity index (χ4n) is 5.94. The Morgan fingerprint density at radius 3 is 2.07 bits per heavy atom. The van der Waals surface area contributed by atoms with Gasteiger partial charge in [-0.05, 0) is 0 Å². The zero-order valence-corrected chi connectivity index (χ0v) is 32.2. The zero-order chi connectivity index (χ0) is 42.0. The summed E-state index contributed by atoms with van der Waals surface area (Å²) in [6.07, 6.45) is -11.1. The maximum Gasteiger partial charge on any atom is 0.490 e. The van der Waals surface area contributed by atoms with Crippen LogP contribution in [-0.4, -0.2) is 126 Å². The topological polar surface area (TPSA) is 454 Å². The molecule has 13 N–H and O–H groups in total. The molecule has 31 nitrogen and oxygen atoms in total. The molecule has 0 bridgehead atoms. The number of nitrogens with zero attached hydrogens (tertiary/aromatic N) is 6. The fourth-order valence-corrected chi connectivity index (χ4v) is 10.0. The van der Waals surface area contributed by atoms with E-state index in [-0.39, 0.29) is 34.2 Å². The van der Waals surface area contributed by atoms with Gasteiger partial charge in [-0.2, -0.15) is 13.6 Å². The standard InChI is InChI=1S/C22H32N10O21P4/c1-30-6-32(16-10(30)18(36)29-22(24)27-16)19-12(34)11(33)7(49-19)3-47-55(40,41)52-57(44,45)53-56(42,43)48-4-8-13(51-54(37,38)39)14(46-2)20(50-8)31-5-25-9-15(31)26-21(23)28-17(9)35/h5-8,11-14,19-20,33-34H,3-4H2,1-2H3,(H10-,23,24,26,27,28,29,35,36,37,38,39,40,41,42,43,44,45)/p+1/t7-,8-,11+,12?,13+,14?,19-,20-/m1/s1. The number of aliphatic hydroxyl groups excluding tert-OH is 2. The molecule has 0 spiro atoms. The van der Waals surface area contributed by atoms with Gasteiger partial charge in [0.25, 0.3) is 17.1 Å². The average molecular weight is 897 g/mol. The molecule has 35 heteroatoms. The predicted molar refractivity (Wildman–Crippen MR) is 180 cm³/mol. The summed E-state index contributed by atoms with van der Waals surface area (Å²) < 4.78 is 92.0.